The Labute approximate surface area is 50.4 Å². The van der Waals surface area contributed by atoms with Gasteiger partial charge in [0, 0.05) is 12.8 Å². The Morgan fingerprint density at radius 1 is 1.62 bits per heavy atom. The Morgan fingerprint density at radius 3 is 2.25 bits per heavy atom. The first kappa shape index (κ1) is 7.41. The fraction of sp³-hybridized carbons (Fsp3) is 0.571. The molecule has 0 saturated carbocycles. The van der Waals surface area contributed by atoms with Gasteiger partial charge in [0.25, 0.3) is 0 Å². The summed E-state index contributed by atoms with van der Waals surface area (Å²) in [6.07, 6.45) is 1.18. The molecule has 0 aliphatic heterocycles. The fourth-order valence-electron chi connectivity index (χ4n) is 0.462. The highest BCUT2D eigenvalue weighted by Gasteiger charge is 1.95. The first-order chi connectivity index (χ1) is 3.66. The van der Waals surface area contributed by atoms with Crippen LogP contribution in [0.3, 0.4) is 0 Å². The molecule has 0 aromatic heterocycles. The molecule has 1 heteroatoms. The monoisotopic (exact) mass is 112 g/mol. The van der Waals surface area contributed by atoms with Crippen molar-refractivity contribution < 1.29 is 4.79 Å². The van der Waals surface area contributed by atoms with Gasteiger partial charge >= 0.3 is 0 Å². The van der Waals surface area contributed by atoms with Crippen LogP contribution in [0.2, 0.25) is 0 Å². The topological polar surface area (TPSA) is 17.1 Å². The van der Waals surface area contributed by atoms with Gasteiger partial charge in [0.05, 0.1) is 0 Å². The smallest absolute Gasteiger partial charge is 0.136 e. The number of Topliss-reactive ketones (excluding diaryl/α,β-unsaturated/α-hetero) is 1. The first-order valence-corrected chi connectivity index (χ1v) is 2.83. The van der Waals surface area contributed by atoms with E-state index < -0.39 is 0 Å². The van der Waals surface area contributed by atoms with Crippen LogP contribution in [0.4, 0.5) is 0 Å². The minimum absolute atomic E-state index is 0.275. The van der Waals surface area contributed by atoms with Crippen molar-refractivity contribution in [2.24, 2.45) is 0 Å². The molecule has 0 radical (unpaired) electrons. The van der Waals surface area contributed by atoms with Gasteiger partial charge < -0.3 is 0 Å². The molecule has 0 heterocycles. The van der Waals surface area contributed by atoms with Crippen LogP contribution >= 0.6 is 0 Å². The van der Waals surface area contributed by atoms with Crippen LogP contribution in [0.5, 0.6) is 0 Å². The molecule has 0 aliphatic carbocycles. The van der Waals surface area contributed by atoms with Gasteiger partial charge in [-0.15, -0.1) is 0 Å². The van der Waals surface area contributed by atoms with Crippen molar-refractivity contribution in [3.05, 3.63) is 12.2 Å². The highest BCUT2D eigenvalue weighted by atomic mass is 16.1. The molecular weight excluding hydrogens is 100 g/mol. The standard InChI is InChI=1S/C7H12O/c1-4-7(8)5-6(2)3/h2,4-5H2,1,3H3. The Kier molecular flexibility index (Phi) is 3.16. The summed E-state index contributed by atoms with van der Waals surface area (Å²) in [6.45, 7) is 7.36. The first-order valence-electron chi connectivity index (χ1n) is 2.83. The minimum Gasteiger partial charge on any atom is -0.299 e. The molecule has 46 valence electrons. The van der Waals surface area contributed by atoms with E-state index in [0.29, 0.717) is 12.8 Å². The van der Waals surface area contributed by atoms with Crippen molar-refractivity contribution in [3.8, 4) is 0 Å². The number of hydrogen-bond acceptors (Lipinski definition) is 1. The normalized spacial score (nSPS) is 8.75. The van der Waals surface area contributed by atoms with E-state index >= 15 is 0 Å². The molecule has 0 fully saturated rings. The number of hydrogen-bond donors (Lipinski definition) is 0. The van der Waals surface area contributed by atoms with Crippen LogP contribution in [-0.4, -0.2) is 5.78 Å². The van der Waals surface area contributed by atoms with E-state index in [1.54, 1.807) is 0 Å². The van der Waals surface area contributed by atoms with Crippen LogP contribution in [0, 0.1) is 0 Å². The Hall–Kier alpha value is -0.590. The molecule has 0 rings (SSSR count). The largest absolute Gasteiger partial charge is 0.299 e. The van der Waals surface area contributed by atoms with E-state index in [4.69, 9.17) is 0 Å². The summed E-state index contributed by atoms with van der Waals surface area (Å²) in [5, 5.41) is 0. The van der Waals surface area contributed by atoms with Crippen LogP contribution in [-0.2, 0) is 4.79 Å². The highest BCUT2D eigenvalue weighted by Crippen LogP contribution is 1.97. The maximum atomic E-state index is 10.6. The van der Waals surface area contributed by atoms with Crippen molar-refractivity contribution in [2.45, 2.75) is 26.7 Å². The predicted molar refractivity (Wildman–Crippen MR) is 34.7 cm³/mol. The Bertz CT molecular complexity index is 103. The summed E-state index contributed by atoms with van der Waals surface area (Å²) < 4.78 is 0. The third-order valence-electron chi connectivity index (χ3n) is 0.893. The van der Waals surface area contributed by atoms with Gasteiger partial charge in [0.15, 0.2) is 0 Å². The third kappa shape index (κ3) is 3.59. The molecule has 0 spiro atoms. The molecule has 0 aliphatic rings. The molecule has 0 aromatic carbocycles. The van der Waals surface area contributed by atoms with E-state index in [9.17, 15) is 4.79 Å². The second-order valence-corrected chi connectivity index (χ2v) is 2.03. The number of carbonyl (C=O) groups excluding carboxylic acids is 1. The lowest BCUT2D eigenvalue weighted by atomic mass is 10.1. The second kappa shape index (κ2) is 3.42. The molecule has 0 bridgehead atoms. The molecule has 0 saturated heterocycles. The van der Waals surface area contributed by atoms with Crippen LogP contribution < -0.4 is 0 Å². The highest BCUT2D eigenvalue weighted by molar-refractivity contribution is 5.80. The van der Waals surface area contributed by atoms with Crippen molar-refractivity contribution in [1.82, 2.24) is 0 Å². The quantitative estimate of drug-likeness (QED) is 0.510. The Balaban J connectivity index is 3.40. The van der Waals surface area contributed by atoms with Gasteiger partial charge in [-0.3, -0.25) is 4.79 Å². The van der Waals surface area contributed by atoms with Crippen LogP contribution in [0.1, 0.15) is 26.7 Å². The van der Waals surface area contributed by atoms with Gasteiger partial charge in [-0.2, -0.15) is 0 Å². The molecule has 0 aromatic rings. The zero-order valence-electron chi connectivity index (χ0n) is 5.53. The SMILES string of the molecule is C=C(C)CC(=O)CC. The van der Waals surface area contributed by atoms with Gasteiger partial charge in [-0.25, -0.2) is 0 Å². The lowest BCUT2D eigenvalue weighted by molar-refractivity contribution is -0.118. The Morgan fingerprint density at radius 2 is 2.12 bits per heavy atom. The van der Waals surface area contributed by atoms with E-state index in [1.165, 1.54) is 0 Å². The lowest BCUT2D eigenvalue weighted by Crippen LogP contribution is -1.93. The van der Waals surface area contributed by atoms with E-state index in [-0.39, 0.29) is 5.78 Å². The summed E-state index contributed by atoms with van der Waals surface area (Å²) in [5.74, 6) is 0.275. The van der Waals surface area contributed by atoms with E-state index in [2.05, 4.69) is 6.58 Å². The minimum atomic E-state index is 0.275. The van der Waals surface area contributed by atoms with Crippen LogP contribution in [0.25, 0.3) is 0 Å². The predicted octanol–water partition coefficient (Wildman–Crippen LogP) is 1.93. The molecule has 0 atom stereocenters. The summed E-state index contributed by atoms with van der Waals surface area (Å²) in [4.78, 5) is 10.6. The zero-order valence-corrected chi connectivity index (χ0v) is 5.53. The molecule has 0 N–H and O–H groups in total. The molecule has 8 heavy (non-hydrogen) atoms. The number of carbonyl (C=O) groups is 1. The van der Waals surface area contributed by atoms with Gasteiger partial charge in [0.2, 0.25) is 0 Å². The lowest BCUT2D eigenvalue weighted by Gasteiger charge is -1.92. The second-order valence-electron chi connectivity index (χ2n) is 2.03. The van der Waals surface area contributed by atoms with Gasteiger partial charge in [-0.1, -0.05) is 19.1 Å². The fourth-order valence-corrected chi connectivity index (χ4v) is 0.462. The van der Waals surface area contributed by atoms with Crippen LogP contribution in [0.15, 0.2) is 12.2 Å². The molecular formula is C7H12O. The van der Waals surface area contributed by atoms with Gasteiger partial charge in [-0.05, 0) is 6.92 Å². The average Bonchev–Trinajstić information content (AvgIpc) is 1.65. The van der Waals surface area contributed by atoms with Crippen molar-refractivity contribution in [3.63, 3.8) is 0 Å². The molecule has 0 unspecified atom stereocenters. The van der Waals surface area contributed by atoms with Crippen molar-refractivity contribution >= 4 is 5.78 Å². The summed E-state index contributed by atoms with van der Waals surface area (Å²) >= 11 is 0. The summed E-state index contributed by atoms with van der Waals surface area (Å²) in [5.41, 5.74) is 0.955. The van der Waals surface area contributed by atoms with E-state index in [1.807, 2.05) is 13.8 Å². The molecule has 0 amide bonds. The van der Waals surface area contributed by atoms with Crippen molar-refractivity contribution in [1.29, 1.82) is 0 Å². The number of rotatable bonds is 3. The molecule has 1 nitrogen and oxygen atoms in total. The van der Waals surface area contributed by atoms with E-state index in [0.717, 1.165) is 5.57 Å². The summed E-state index contributed by atoms with van der Waals surface area (Å²) in [7, 11) is 0. The summed E-state index contributed by atoms with van der Waals surface area (Å²) in [6, 6.07) is 0. The number of ketones is 1. The zero-order chi connectivity index (χ0) is 6.57. The number of allylic oxidation sites excluding steroid dienone is 1. The van der Waals surface area contributed by atoms with Crippen molar-refractivity contribution in [2.75, 3.05) is 0 Å². The van der Waals surface area contributed by atoms with Gasteiger partial charge in [0.1, 0.15) is 5.78 Å². The third-order valence-corrected chi connectivity index (χ3v) is 0.893. The maximum absolute atomic E-state index is 10.6. The average molecular weight is 112 g/mol. The maximum Gasteiger partial charge on any atom is 0.136 e.